The number of benzene rings is 1. The van der Waals surface area contributed by atoms with E-state index in [1.54, 1.807) is 31.2 Å². The second-order valence-corrected chi connectivity index (χ2v) is 3.12. The van der Waals surface area contributed by atoms with Crippen LogP contribution in [0.4, 0.5) is 11.4 Å². The van der Waals surface area contributed by atoms with Gasteiger partial charge in [-0.25, -0.2) is 0 Å². The maximum Gasteiger partial charge on any atom is 0.250 e. The fourth-order valence-electron chi connectivity index (χ4n) is 0.977. The molecular formula is C11H14N2O2. The lowest BCUT2D eigenvalue weighted by Crippen LogP contribution is -2.11. The molecule has 0 unspecified atom stereocenters. The topological polar surface area (TPSA) is 50.4 Å². The van der Waals surface area contributed by atoms with Gasteiger partial charge in [-0.1, -0.05) is 6.58 Å². The first-order valence-corrected chi connectivity index (χ1v) is 4.49. The van der Waals surface area contributed by atoms with E-state index in [9.17, 15) is 4.79 Å². The maximum absolute atomic E-state index is 11.3. The van der Waals surface area contributed by atoms with Gasteiger partial charge in [0.2, 0.25) is 0 Å². The van der Waals surface area contributed by atoms with Crippen molar-refractivity contribution in [1.29, 1.82) is 0 Å². The average Bonchev–Trinajstić information content (AvgIpc) is 2.21. The summed E-state index contributed by atoms with van der Waals surface area (Å²) >= 11 is 0. The first kappa shape index (κ1) is 11.3. The zero-order chi connectivity index (χ0) is 11.3. The third kappa shape index (κ3) is 3.44. The molecule has 0 atom stereocenters. The number of hydrogen-bond acceptors (Lipinski definition) is 3. The van der Waals surface area contributed by atoms with Crippen LogP contribution in [-0.4, -0.2) is 13.0 Å². The summed E-state index contributed by atoms with van der Waals surface area (Å²) in [6.07, 6.45) is 0. The van der Waals surface area contributed by atoms with E-state index in [2.05, 4.69) is 17.4 Å². The van der Waals surface area contributed by atoms with Crippen molar-refractivity contribution in [3.8, 4) is 0 Å². The van der Waals surface area contributed by atoms with Crippen LogP contribution in [0.15, 0.2) is 36.4 Å². The zero-order valence-electron chi connectivity index (χ0n) is 8.83. The highest BCUT2D eigenvalue weighted by Crippen LogP contribution is 2.13. The van der Waals surface area contributed by atoms with Gasteiger partial charge in [-0.05, 0) is 31.2 Å². The van der Waals surface area contributed by atoms with E-state index in [0.717, 1.165) is 11.4 Å². The van der Waals surface area contributed by atoms with Gasteiger partial charge in [-0.3, -0.25) is 15.1 Å². The van der Waals surface area contributed by atoms with Crippen LogP contribution in [0.1, 0.15) is 6.92 Å². The number of carbonyl (C=O) groups excluding carboxylic acids is 1. The lowest BCUT2D eigenvalue weighted by atomic mass is 10.2. The van der Waals surface area contributed by atoms with Crippen molar-refractivity contribution in [3.05, 3.63) is 36.4 Å². The van der Waals surface area contributed by atoms with E-state index in [1.807, 2.05) is 0 Å². The van der Waals surface area contributed by atoms with Gasteiger partial charge in [0.15, 0.2) is 0 Å². The molecule has 2 N–H and O–H groups in total. The molecule has 0 radical (unpaired) electrons. The van der Waals surface area contributed by atoms with Gasteiger partial charge in [-0.2, -0.15) is 0 Å². The minimum Gasteiger partial charge on any atom is -0.322 e. The van der Waals surface area contributed by atoms with Crippen molar-refractivity contribution >= 4 is 17.3 Å². The summed E-state index contributed by atoms with van der Waals surface area (Å²) < 4.78 is 0. The van der Waals surface area contributed by atoms with Crippen molar-refractivity contribution in [1.82, 2.24) is 0 Å². The second kappa shape index (κ2) is 5.17. The SMILES string of the molecule is C=C(C)C(=O)Nc1ccc(NOC)cc1. The molecule has 1 amide bonds. The van der Waals surface area contributed by atoms with Gasteiger partial charge in [0.05, 0.1) is 12.8 Å². The van der Waals surface area contributed by atoms with E-state index in [1.165, 1.54) is 7.11 Å². The molecule has 4 nitrogen and oxygen atoms in total. The number of nitrogens with one attached hydrogen (secondary N) is 2. The van der Waals surface area contributed by atoms with Gasteiger partial charge in [0.25, 0.3) is 5.91 Å². The molecular weight excluding hydrogens is 192 g/mol. The lowest BCUT2D eigenvalue weighted by molar-refractivity contribution is -0.112. The van der Waals surface area contributed by atoms with E-state index < -0.39 is 0 Å². The van der Waals surface area contributed by atoms with Gasteiger partial charge < -0.3 is 5.32 Å². The van der Waals surface area contributed by atoms with Crippen molar-refractivity contribution in [3.63, 3.8) is 0 Å². The Morgan fingerprint density at radius 3 is 2.27 bits per heavy atom. The van der Waals surface area contributed by atoms with Crippen LogP contribution in [0, 0.1) is 0 Å². The van der Waals surface area contributed by atoms with Gasteiger partial charge in [0.1, 0.15) is 0 Å². The molecule has 0 aliphatic rings. The summed E-state index contributed by atoms with van der Waals surface area (Å²) in [5, 5.41) is 2.70. The Morgan fingerprint density at radius 2 is 1.80 bits per heavy atom. The molecule has 0 aromatic heterocycles. The molecule has 1 aromatic carbocycles. The quantitative estimate of drug-likeness (QED) is 0.586. The largest absolute Gasteiger partial charge is 0.322 e. The molecule has 0 aliphatic heterocycles. The Kier molecular flexibility index (Phi) is 3.88. The van der Waals surface area contributed by atoms with Crippen LogP contribution >= 0.6 is 0 Å². The Labute approximate surface area is 88.9 Å². The number of amides is 1. The third-order valence-electron chi connectivity index (χ3n) is 1.75. The molecule has 0 aliphatic carbocycles. The maximum atomic E-state index is 11.3. The monoisotopic (exact) mass is 206 g/mol. The molecule has 0 spiro atoms. The van der Waals surface area contributed by atoms with Crippen molar-refractivity contribution in [2.75, 3.05) is 17.9 Å². The van der Waals surface area contributed by atoms with Crippen molar-refractivity contribution in [2.45, 2.75) is 6.92 Å². The molecule has 0 bridgehead atoms. The van der Waals surface area contributed by atoms with Crippen LogP contribution in [0.3, 0.4) is 0 Å². The van der Waals surface area contributed by atoms with E-state index in [-0.39, 0.29) is 5.91 Å². The average molecular weight is 206 g/mol. The van der Waals surface area contributed by atoms with Crippen LogP contribution in [-0.2, 0) is 9.63 Å². The molecule has 80 valence electrons. The summed E-state index contributed by atoms with van der Waals surface area (Å²) in [5.74, 6) is -0.178. The summed E-state index contributed by atoms with van der Waals surface area (Å²) in [6, 6.07) is 7.17. The van der Waals surface area contributed by atoms with Crippen LogP contribution < -0.4 is 10.8 Å². The highest BCUT2D eigenvalue weighted by molar-refractivity contribution is 6.02. The van der Waals surface area contributed by atoms with Gasteiger partial charge >= 0.3 is 0 Å². The number of carbonyl (C=O) groups is 1. The minimum absolute atomic E-state index is 0.178. The summed E-state index contributed by atoms with van der Waals surface area (Å²) in [4.78, 5) is 16.0. The van der Waals surface area contributed by atoms with E-state index in [4.69, 9.17) is 4.84 Å². The van der Waals surface area contributed by atoms with Crippen molar-refractivity contribution in [2.24, 2.45) is 0 Å². The standard InChI is InChI=1S/C11H14N2O2/c1-8(2)11(14)12-9-4-6-10(7-5-9)13-15-3/h4-7,13H,1H2,2-3H3,(H,12,14). The molecule has 0 fully saturated rings. The fraction of sp³-hybridized carbons (Fsp3) is 0.182. The van der Waals surface area contributed by atoms with Crippen LogP contribution in [0.2, 0.25) is 0 Å². The number of hydrogen-bond donors (Lipinski definition) is 2. The minimum atomic E-state index is -0.178. The number of anilines is 2. The molecule has 1 aromatic rings. The summed E-state index contributed by atoms with van der Waals surface area (Å²) in [6.45, 7) is 5.22. The molecule has 15 heavy (non-hydrogen) atoms. The molecule has 1 rings (SSSR count). The molecule has 4 heteroatoms. The van der Waals surface area contributed by atoms with E-state index >= 15 is 0 Å². The van der Waals surface area contributed by atoms with Crippen LogP contribution in [0.25, 0.3) is 0 Å². The molecule has 0 saturated carbocycles. The summed E-state index contributed by atoms with van der Waals surface area (Å²) in [5.41, 5.74) is 4.71. The van der Waals surface area contributed by atoms with Crippen molar-refractivity contribution < 1.29 is 9.63 Å². The smallest absolute Gasteiger partial charge is 0.250 e. The third-order valence-corrected chi connectivity index (χ3v) is 1.75. The predicted molar refractivity (Wildman–Crippen MR) is 60.5 cm³/mol. The fourth-order valence-corrected chi connectivity index (χ4v) is 0.977. The molecule has 0 heterocycles. The summed E-state index contributed by atoms with van der Waals surface area (Å²) in [7, 11) is 1.54. The zero-order valence-corrected chi connectivity index (χ0v) is 8.83. The van der Waals surface area contributed by atoms with Crippen LogP contribution in [0.5, 0.6) is 0 Å². The van der Waals surface area contributed by atoms with E-state index in [0.29, 0.717) is 5.57 Å². The lowest BCUT2D eigenvalue weighted by Gasteiger charge is -2.06. The first-order valence-electron chi connectivity index (χ1n) is 4.49. The second-order valence-electron chi connectivity index (χ2n) is 3.12. The number of rotatable bonds is 4. The first-order chi connectivity index (χ1) is 7.13. The van der Waals surface area contributed by atoms with Gasteiger partial charge in [0, 0.05) is 11.3 Å². The Balaban J connectivity index is 2.64. The Bertz CT molecular complexity index is 357. The predicted octanol–water partition coefficient (Wildman–Crippen LogP) is 2.17. The highest BCUT2D eigenvalue weighted by atomic mass is 16.6. The van der Waals surface area contributed by atoms with Gasteiger partial charge in [-0.15, -0.1) is 0 Å². The Hall–Kier alpha value is -1.81. The Morgan fingerprint density at radius 1 is 1.27 bits per heavy atom. The molecule has 0 saturated heterocycles. The highest BCUT2D eigenvalue weighted by Gasteiger charge is 2.01. The normalized spacial score (nSPS) is 9.47.